The Hall–Kier alpha value is -2.17. The van der Waals surface area contributed by atoms with Gasteiger partial charge in [0, 0.05) is 26.1 Å². The van der Waals surface area contributed by atoms with Crippen LogP contribution in [0, 0.1) is 17.7 Å². The maximum atomic E-state index is 13.2. The van der Waals surface area contributed by atoms with Crippen molar-refractivity contribution in [3.8, 4) is 11.3 Å². The molecule has 26 heavy (non-hydrogen) atoms. The molecule has 1 atom stereocenters. The number of aryl methyl sites for hydroxylation is 1. The minimum absolute atomic E-state index is 0.0150. The van der Waals surface area contributed by atoms with Gasteiger partial charge in [-0.25, -0.2) is 9.37 Å². The van der Waals surface area contributed by atoms with Crippen molar-refractivity contribution >= 4 is 5.91 Å². The zero-order valence-corrected chi connectivity index (χ0v) is 15.3. The number of imidazole rings is 1. The molecule has 1 saturated carbocycles. The molecular weight excluding hydrogens is 329 g/mol. The van der Waals surface area contributed by atoms with Gasteiger partial charge in [-0.15, -0.1) is 0 Å². The first-order valence-corrected chi connectivity index (χ1v) is 9.75. The number of carbonyl (C=O) groups excluding carboxylic acids is 1. The van der Waals surface area contributed by atoms with Gasteiger partial charge in [0.15, 0.2) is 0 Å². The lowest BCUT2D eigenvalue weighted by Crippen LogP contribution is -2.41. The molecule has 1 aromatic heterocycles. The predicted molar refractivity (Wildman–Crippen MR) is 99.0 cm³/mol. The number of aromatic nitrogens is 2. The van der Waals surface area contributed by atoms with Crippen LogP contribution in [0.15, 0.2) is 30.5 Å². The summed E-state index contributed by atoms with van der Waals surface area (Å²) >= 11 is 0. The Kier molecular flexibility index (Phi) is 4.79. The lowest BCUT2D eigenvalue weighted by Gasteiger charge is -2.30. The SMILES string of the molecule is CCCN(CC1CC1)C(=O)C1CCc2ncc(-c3ccc(F)cc3)n2C1. The fourth-order valence-electron chi connectivity index (χ4n) is 3.92. The summed E-state index contributed by atoms with van der Waals surface area (Å²) in [7, 11) is 0. The number of hydrogen-bond acceptors (Lipinski definition) is 2. The van der Waals surface area contributed by atoms with Crippen LogP contribution in [0.2, 0.25) is 0 Å². The third kappa shape index (κ3) is 3.53. The van der Waals surface area contributed by atoms with Crippen LogP contribution in [0.5, 0.6) is 0 Å². The molecule has 0 spiro atoms. The largest absolute Gasteiger partial charge is 0.342 e. The minimum Gasteiger partial charge on any atom is -0.342 e. The van der Waals surface area contributed by atoms with Crippen LogP contribution >= 0.6 is 0 Å². The van der Waals surface area contributed by atoms with Crippen LogP contribution in [0.4, 0.5) is 4.39 Å². The summed E-state index contributed by atoms with van der Waals surface area (Å²) in [6, 6.07) is 6.50. The monoisotopic (exact) mass is 355 g/mol. The Morgan fingerprint density at radius 1 is 1.27 bits per heavy atom. The fraction of sp³-hybridized carbons (Fsp3) is 0.524. The average Bonchev–Trinajstić information content (AvgIpc) is 3.38. The molecule has 1 aliphatic heterocycles. The molecule has 2 aromatic rings. The van der Waals surface area contributed by atoms with Crippen molar-refractivity contribution in [2.45, 2.75) is 45.6 Å². The number of halogens is 1. The molecule has 0 saturated heterocycles. The molecule has 2 aliphatic rings. The van der Waals surface area contributed by atoms with Crippen molar-refractivity contribution in [2.24, 2.45) is 11.8 Å². The molecule has 4 nitrogen and oxygen atoms in total. The Labute approximate surface area is 154 Å². The Morgan fingerprint density at radius 3 is 2.73 bits per heavy atom. The summed E-state index contributed by atoms with van der Waals surface area (Å²) in [5.74, 6) is 1.81. The highest BCUT2D eigenvalue weighted by molar-refractivity contribution is 5.79. The number of amides is 1. The first kappa shape index (κ1) is 17.3. The van der Waals surface area contributed by atoms with E-state index in [9.17, 15) is 9.18 Å². The van der Waals surface area contributed by atoms with Gasteiger partial charge in [0.25, 0.3) is 0 Å². The van der Waals surface area contributed by atoms with Crippen molar-refractivity contribution in [3.05, 3.63) is 42.1 Å². The number of carbonyl (C=O) groups is 1. The van der Waals surface area contributed by atoms with Gasteiger partial charge in [0.05, 0.1) is 17.8 Å². The van der Waals surface area contributed by atoms with Crippen LogP contribution in [0.25, 0.3) is 11.3 Å². The Morgan fingerprint density at radius 2 is 2.04 bits per heavy atom. The van der Waals surface area contributed by atoms with Gasteiger partial charge in [-0.2, -0.15) is 0 Å². The van der Waals surface area contributed by atoms with Gasteiger partial charge in [-0.05, 0) is 61.4 Å². The fourth-order valence-corrected chi connectivity index (χ4v) is 3.92. The minimum atomic E-state index is -0.240. The summed E-state index contributed by atoms with van der Waals surface area (Å²) < 4.78 is 15.4. The lowest BCUT2D eigenvalue weighted by molar-refractivity contribution is -0.136. The number of nitrogens with zero attached hydrogens (tertiary/aromatic N) is 3. The zero-order chi connectivity index (χ0) is 18.1. The number of fused-ring (bicyclic) bond motifs is 1. The van der Waals surface area contributed by atoms with Gasteiger partial charge in [-0.3, -0.25) is 4.79 Å². The quantitative estimate of drug-likeness (QED) is 0.788. The first-order chi connectivity index (χ1) is 12.7. The molecule has 5 heteroatoms. The van der Waals surface area contributed by atoms with E-state index >= 15 is 0 Å². The molecular formula is C21H26FN3O. The van der Waals surface area contributed by atoms with Crippen LogP contribution in [0.3, 0.4) is 0 Å². The second-order valence-corrected chi connectivity index (χ2v) is 7.64. The van der Waals surface area contributed by atoms with E-state index in [-0.39, 0.29) is 11.7 Å². The van der Waals surface area contributed by atoms with Crippen LogP contribution in [0.1, 0.15) is 38.4 Å². The van der Waals surface area contributed by atoms with Gasteiger partial charge >= 0.3 is 0 Å². The number of benzene rings is 1. The average molecular weight is 355 g/mol. The summed E-state index contributed by atoms with van der Waals surface area (Å²) in [6.45, 7) is 4.58. The van der Waals surface area contributed by atoms with E-state index in [4.69, 9.17) is 0 Å². The topological polar surface area (TPSA) is 38.1 Å². The summed E-state index contributed by atoms with van der Waals surface area (Å²) in [6.07, 6.45) is 7.06. The smallest absolute Gasteiger partial charge is 0.227 e. The van der Waals surface area contributed by atoms with E-state index in [1.54, 1.807) is 12.1 Å². The van der Waals surface area contributed by atoms with Gasteiger partial charge in [-0.1, -0.05) is 6.92 Å². The first-order valence-electron chi connectivity index (χ1n) is 9.75. The van der Waals surface area contributed by atoms with E-state index in [1.165, 1.54) is 25.0 Å². The van der Waals surface area contributed by atoms with E-state index in [0.717, 1.165) is 49.4 Å². The molecule has 0 radical (unpaired) electrons. The molecule has 1 aliphatic carbocycles. The predicted octanol–water partition coefficient (Wildman–Crippen LogP) is 3.90. The normalized spacial score (nSPS) is 19.2. The van der Waals surface area contributed by atoms with E-state index < -0.39 is 0 Å². The number of hydrogen-bond donors (Lipinski definition) is 0. The summed E-state index contributed by atoms with van der Waals surface area (Å²) in [4.78, 5) is 19.7. The molecule has 138 valence electrons. The Balaban J connectivity index is 1.53. The molecule has 0 bridgehead atoms. The zero-order valence-electron chi connectivity index (χ0n) is 15.3. The Bertz CT molecular complexity index is 779. The number of rotatable bonds is 6. The summed E-state index contributed by atoms with van der Waals surface area (Å²) in [5.41, 5.74) is 1.92. The second-order valence-electron chi connectivity index (χ2n) is 7.64. The highest BCUT2D eigenvalue weighted by atomic mass is 19.1. The van der Waals surface area contributed by atoms with Crippen LogP contribution < -0.4 is 0 Å². The maximum Gasteiger partial charge on any atom is 0.227 e. The third-order valence-electron chi connectivity index (χ3n) is 5.53. The van der Waals surface area contributed by atoms with Crippen molar-refractivity contribution in [2.75, 3.05) is 13.1 Å². The molecule has 0 N–H and O–H groups in total. The van der Waals surface area contributed by atoms with Crippen LogP contribution in [-0.4, -0.2) is 33.4 Å². The standard InChI is InChI=1S/C21H26FN3O/c1-2-11-24(13-15-3-4-15)21(26)17-7-10-20-23-12-19(25(20)14-17)16-5-8-18(22)9-6-16/h5-6,8-9,12,15,17H,2-4,7,10-11,13-14H2,1H3. The second kappa shape index (κ2) is 7.22. The van der Waals surface area contributed by atoms with Crippen LogP contribution in [-0.2, 0) is 17.8 Å². The third-order valence-corrected chi connectivity index (χ3v) is 5.53. The van der Waals surface area contributed by atoms with E-state index in [0.29, 0.717) is 18.4 Å². The molecule has 1 aromatic carbocycles. The molecule has 2 heterocycles. The molecule has 4 rings (SSSR count). The highest BCUT2D eigenvalue weighted by Gasteiger charge is 2.33. The summed E-state index contributed by atoms with van der Waals surface area (Å²) in [5, 5.41) is 0. The van der Waals surface area contributed by atoms with E-state index in [1.807, 2.05) is 6.20 Å². The molecule has 1 unspecified atom stereocenters. The van der Waals surface area contributed by atoms with Gasteiger partial charge < -0.3 is 9.47 Å². The molecule has 1 amide bonds. The highest BCUT2D eigenvalue weighted by Crippen LogP contribution is 2.32. The lowest BCUT2D eigenvalue weighted by atomic mass is 9.97. The van der Waals surface area contributed by atoms with Gasteiger partial charge in [0.2, 0.25) is 5.91 Å². The van der Waals surface area contributed by atoms with Crippen molar-refractivity contribution in [1.29, 1.82) is 0 Å². The van der Waals surface area contributed by atoms with Crippen molar-refractivity contribution < 1.29 is 9.18 Å². The van der Waals surface area contributed by atoms with Crippen molar-refractivity contribution in [1.82, 2.24) is 14.5 Å². The maximum absolute atomic E-state index is 13.2. The van der Waals surface area contributed by atoms with E-state index in [2.05, 4.69) is 21.4 Å². The molecule has 1 fully saturated rings. The van der Waals surface area contributed by atoms with Crippen molar-refractivity contribution in [3.63, 3.8) is 0 Å². The van der Waals surface area contributed by atoms with Gasteiger partial charge in [0.1, 0.15) is 11.6 Å².